The van der Waals surface area contributed by atoms with Gasteiger partial charge in [0.1, 0.15) is 5.75 Å². The van der Waals surface area contributed by atoms with Gasteiger partial charge < -0.3 is 14.8 Å². The summed E-state index contributed by atoms with van der Waals surface area (Å²) in [5, 5.41) is 3.01. The average Bonchev–Trinajstić information content (AvgIpc) is 2.78. The number of benzene rings is 3. The number of nitrogens with one attached hydrogen (secondary N) is 2. The lowest BCUT2D eigenvalue weighted by Crippen LogP contribution is -2.17. The lowest BCUT2D eigenvalue weighted by atomic mass is 10.2. The fourth-order valence-electron chi connectivity index (χ4n) is 2.84. The maximum Gasteiger partial charge on any atom is 0.339 e. The predicted molar refractivity (Wildman–Crippen MR) is 121 cm³/mol. The number of carbonyl (C=O) groups excluding carboxylic acids is 2. The van der Waals surface area contributed by atoms with Gasteiger partial charge in [0.05, 0.1) is 36.1 Å². The Balaban J connectivity index is 1.93. The first-order chi connectivity index (χ1) is 15.2. The Morgan fingerprint density at radius 2 is 1.66 bits per heavy atom. The first-order valence-electron chi connectivity index (χ1n) is 9.20. The first kappa shape index (κ1) is 23.1. The number of para-hydroxylation sites is 1. The van der Waals surface area contributed by atoms with E-state index < -0.39 is 21.9 Å². The Kier molecular flexibility index (Phi) is 7.01. The monoisotopic (exact) mass is 474 g/mol. The van der Waals surface area contributed by atoms with Crippen LogP contribution in [0.4, 0.5) is 11.4 Å². The molecule has 166 valence electrons. The number of sulfonamides is 1. The third kappa shape index (κ3) is 5.19. The lowest BCUT2D eigenvalue weighted by Gasteiger charge is -2.14. The SMILES string of the molecule is COC(=O)c1ccccc1NS(=O)(=O)c1ccc(OC)c(NC(=O)c2cccc(Cl)c2)c1. The summed E-state index contributed by atoms with van der Waals surface area (Å²) in [6, 6.07) is 16.3. The van der Waals surface area contributed by atoms with Gasteiger partial charge in [-0.25, -0.2) is 13.2 Å². The third-order valence-corrected chi connectivity index (χ3v) is 5.99. The maximum absolute atomic E-state index is 13.0. The van der Waals surface area contributed by atoms with E-state index in [0.717, 1.165) is 0 Å². The second kappa shape index (κ2) is 9.71. The zero-order valence-corrected chi connectivity index (χ0v) is 18.7. The van der Waals surface area contributed by atoms with Crippen LogP contribution >= 0.6 is 11.6 Å². The molecule has 0 unspecified atom stereocenters. The molecule has 0 saturated heterocycles. The highest BCUT2D eigenvalue weighted by atomic mass is 35.5. The van der Waals surface area contributed by atoms with Gasteiger partial charge in [-0.3, -0.25) is 9.52 Å². The molecule has 0 aromatic heterocycles. The van der Waals surface area contributed by atoms with Gasteiger partial charge in [0, 0.05) is 10.6 Å². The van der Waals surface area contributed by atoms with Gasteiger partial charge >= 0.3 is 5.97 Å². The molecule has 0 fully saturated rings. The minimum Gasteiger partial charge on any atom is -0.495 e. The second-order valence-electron chi connectivity index (χ2n) is 6.47. The molecule has 0 atom stereocenters. The molecule has 32 heavy (non-hydrogen) atoms. The molecule has 3 aromatic carbocycles. The summed E-state index contributed by atoms with van der Waals surface area (Å²) in [5.41, 5.74) is 0.542. The van der Waals surface area contributed by atoms with Crippen molar-refractivity contribution in [3.05, 3.63) is 82.9 Å². The minimum atomic E-state index is -4.12. The molecule has 8 nitrogen and oxygen atoms in total. The van der Waals surface area contributed by atoms with Crippen molar-refractivity contribution >= 4 is 44.9 Å². The van der Waals surface area contributed by atoms with Crippen molar-refractivity contribution in [3.8, 4) is 5.75 Å². The highest BCUT2D eigenvalue weighted by molar-refractivity contribution is 7.92. The van der Waals surface area contributed by atoms with Crippen LogP contribution in [-0.4, -0.2) is 34.5 Å². The lowest BCUT2D eigenvalue weighted by molar-refractivity contribution is 0.0602. The van der Waals surface area contributed by atoms with E-state index in [9.17, 15) is 18.0 Å². The molecule has 3 aromatic rings. The number of methoxy groups -OCH3 is 2. The van der Waals surface area contributed by atoms with Crippen molar-refractivity contribution in [3.63, 3.8) is 0 Å². The molecule has 0 saturated carbocycles. The Morgan fingerprint density at radius 1 is 0.906 bits per heavy atom. The van der Waals surface area contributed by atoms with Crippen molar-refractivity contribution in [1.29, 1.82) is 0 Å². The summed E-state index contributed by atoms with van der Waals surface area (Å²) >= 11 is 5.93. The molecular weight excluding hydrogens is 456 g/mol. The number of carbonyl (C=O) groups is 2. The topological polar surface area (TPSA) is 111 Å². The van der Waals surface area contributed by atoms with Crippen LogP contribution in [0, 0.1) is 0 Å². The van der Waals surface area contributed by atoms with Crippen molar-refractivity contribution in [1.82, 2.24) is 0 Å². The van der Waals surface area contributed by atoms with Crippen LogP contribution in [0.2, 0.25) is 5.02 Å². The molecule has 3 rings (SSSR count). The summed E-state index contributed by atoms with van der Waals surface area (Å²) in [6.45, 7) is 0. The Labute approximate surface area is 190 Å². The van der Waals surface area contributed by atoms with Crippen LogP contribution < -0.4 is 14.8 Å². The predicted octanol–water partition coefficient (Wildman–Crippen LogP) is 4.19. The third-order valence-electron chi connectivity index (χ3n) is 4.39. The van der Waals surface area contributed by atoms with Crippen LogP contribution in [0.25, 0.3) is 0 Å². The van der Waals surface area contributed by atoms with Crippen LogP contribution in [0.3, 0.4) is 0 Å². The number of hydrogen-bond acceptors (Lipinski definition) is 6. The fraction of sp³-hybridized carbons (Fsp3) is 0.0909. The van der Waals surface area contributed by atoms with Gasteiger partial charge in [-0.1, -0.05) is 29.8 Å². The smallest absolute Gasteiger partial charge is 0.339 e. The first-order valence-corrected chi connectivity index (χ1v) is 11.1. The van der Waals surface area contributed by atoms with Crippen LogP contribution in [-0.2, 0) is 14.8 Å². The van der Waals surface area contributed by atoms with E-state index in [0.29, 0.717) is 5.02 Å². The van der Waals surface area contributed by atoms with Crippen LogP contribution in [0.5, 0.6) is 5.75 Å². The van der Waals surface area contributed by atoms with Gasteiger partial charge in [0.2, 0.25) is 0 Å². The molecule has 0 aliphatic carbocycles. The van der Waals surface area contributed by atoms with Gasteiger partial charge in [0.25, 0.3) is 15.9 Å². The van der Waals surface area contributed by atoms with E-state index >= 15 is 0 Å². The Morgan fingerprint density at radius 3 is 2.34 bits per heavy atom. The summed E-state index contributed by atoms with van der Waals surface area (Å²) in [6.07, 6.45) is 0. The Bertz CT molecular complexity index is 1280. The number of rotatable bonds is 7. The van der Waals surface area contributed by atoms with Crippen LogP contribution in [0.1, 0.15) is 20.7 Å². The zero-order valence-electron chi connectivity index (χ0n) is 17.1. The van der Waals surface area contributed by atoms with Gasteiger partial charge in [-0.2, -0.15) is 0 Å². The highest BCUT2D eigenvalue weighted by Crippen LogP contribution is 2.30. The summed E-state index contributed by atoms with van der Waals surface area (Å²) in [4.78, 5) is 24.4. The van der Waals surface area contributed by atoms with E-state index in [1.165, 1.54) is 50.6 Å². The molecular formula is C22H19ClN2O6S. The summed E-state index contributed by atoms with van der Waals surface area (Å²) in [5.74, 6) is -0.925. The molecule has 0 aliphatic heterocycles. The molecule has 0 radical (unpaired) electrons. The average molecular weight is 475 g/mol. The van der Waals surface area contributed by atoms with Crippen LogP contribution in [0.15, 0.2) is 71.6 Å². The number of amides is 1. The van der Waals surface area contributed by atoms with Gasteiger partial charge in [-0.15, -0.1) is 0 Å². The van der Waals surface area contributed by atoms with Gasteiger partial charge in [-0.05, 0) is 48.5 Å². The number of hydrogen-bond donors (Lipinski definition) is 2. The van der Waals surface area contributed by atoms with Gasteiger partial charge in [0.15, 0.2) is 0 Å². The number of ether oxygens (including phenoxy) is 2. The van der Waals surface area contributed by atoms with E-state index in [1.807, 2.05) is 0 Å². The quantitative estimate of drug-likeness (QED) is 0.497. The zero-order chi connectivity index (χ0) is 23.3. The summed E-state index contributed by atoms with van der Waals surface area (Å²) < 4.78 is 38.3. The molecule has 0 spiro atoms. The van der Waals surface area contributed by atoms with Crippen molar-refractivity contribution < 1.29 is 27.5 Å². The fourth-order valence-corrected chi connectivity index (χ4v) is 4.14. The number of halogens is 1. The number of anilines is 2. The molecule has 0 heterocycles. The van der Waals surface area contributed by atoms with E-state index in [-0.39, 0.29) is 33.1 Å². The molecule has 2 N–H and O–H groups in total. The molecule has 0 bridgehead atoms. The number of esters is 1. The standard InChI is InChI=1S/C22H19ClN2O6S/c1-30-20-11-10-16(13-19(20)24-21(26)14-6-5-7-15(23)12-14)32(28,29)25-18-9-4-3-8-17(18)22(27)31-2/h3-13,25H,1-2H3,(H,24,26). The van der Waals surface area contributed by atoms with E-state index in [1.54, 1.807) is 30.3 Å². The molecule has 1 amide bonds. The van der Waals surface area contributed by atoms with Crippen molar-refractivity contribution in [2.24, 2.45) is 0 Å². The Hall–Kier alpha value is -3.56. The highest BCUT2D eigenvalue weighted by Gasteiger charge is 2.21. The van der Waals surface area contributed by atoms with Crippen molar-refractivity contribution in [2.75, 3.05) is 24.3 Å². The normalized spacial score (nSPS) is 10.8. The maximum atomic E-state index is 13.0. The largest absolute Gasteiger partial charge is 0.495 e. The second-order valence-corrected chi connectivity index (χ2v) is 8.59. The molecule has 0 aliphatic rings. The summed E-state index contributed by atoms with van der Waals surface area (Å²) in [7, 11) is -1.53. The molecule has 10 heteroatoms. The van der Waals surface area contributed by atoms with E-state index in [4.69, 9.17) is 21.1 Å². The minimum absolute atomic E-state index is 0.0553. The van der Waals surface area contributed by atoms with E-state index in [2.05, 4.69) is 10.0 Å². The van der Waals surface area contributed by atoms with Crippen molar-refractivity contribution in [2.45, 2.75) is 4.90 Å².